The van der Waals surface area contributed by atoms with Crippen molar-refractivity contribution in [1.82, 2.24) is 25.1 Å². The van der Waals surface area contributed by atoms with Gasteiger partial charge in [-0.2, -0.15) is 5.10 Å². The summed E-state index contributed by atoms with van der Waals surface area (Å²) in [5, 5.41) is 8.45. The Kier molecular flexibility index (Phi) is 4.75. The molecule has 0 saturated heterocycles. The molecule has 8 heteroatoms. The molecule has 0 atom stereocenters. The van der Waals surface area contributed by atoms with Crippen molar-refractivity contribution >= 4 is 28.7 Å². The van der Waals surface area contributed by atoms with Crippen LogP contribution < -0.4 is 5.32 Å². The number of rotatable bonds is 5. The first-order valence-corrected chi connectivity index (χ1v) is 8.30. The number of aryl methyl sites for hydroxylation is 2. The summed E-state index contributed by atoms with van der Waals surface area (Å²) in [7, 11) is 1.80. The van der Waals surface area contributed by atoms with Gasteiger partial charge in [0.15, 0.2) is 5.65 Å². The Labute approximate surface area is 142 Å². The van der Waals surface area contributed by atoms with Gasteiger partial charge in [0.05, 0.1) is 17.3 Å². The monoisotopic (exact) mass is 345 g/mol. The average Bonchev–Trinajstić information content (AvgIpc) is 2.96. The second-order valence-electron chi connectivity index (χ2n) is 5.33. The van der Waals surface area contributed by atoms with Crippen LogP contribution in [0.4, 0.5) is 4.39 Å². The van der Waals surface area contributed by atoms with Gasteiger partial charge in [0, 0.05) is 13.6 Å². The van der Waals surface area contributed by atoms with Crippen LogP contribution in [-0.4, -0.2) is 31.4 Å². The van der Waals surface area contributed by atoms with Gasteiger partial charge in [-0.3, -0.25) is 9.48 Å². The number of hydrogen-bond donors (Lipinski definition) is 1. The minimum absolute atomic E-state index is 0.142. The molecule has 0 fully saturated rings. The van der Waals surface area contributed by atoms with Gasteiger partial charge in [0.2, 0.25) is 5.91 Å². The third-order valence-electron chi connectivity index (χ3n) is 3.56. The van der Waals surface area contributed by atoms with E-state index in [0.29, 0.717) is 17.1 Å². The molecule has 2 heterocycles. The normalized spacial score (nSPS) is 11.0. The van der Waals surface area contributed by atoms with Crippen LogP contribution in [0.5, 0.6) is 0 Å². The maximum atomic E-state index is 13.5. The lowest BCUT2D eigenvalue weighted by molar-refractivity contribution is -0.118. The van der Waals surface area contributed by atoms with Crippen molar-refractivity contribution in [3.05, 3.63) is 47.7 Å². The molecule has 3 aromatic rings. The molecule has 2 aromatic heterocycles. The van der Waals surface area contributed by atoms with E-state index in [9.17, 15) is 9.18 Å². The standard InChI is InChI=1S/C16H16FN5OS/c1-10-3-4-11(5-13(10)17)6-18-14(23)8-24-16-12-7-21-22(2)15(12)19-9-20-16/h3-5,7,9H,6,8H2,1-2H3,(H,18,23). The molecule has 124 valence electrons. The van der Waals surface area contributed by atoms with Crippen LogP contribution in [0.3, 0.4) is 0 Å². The number of fused-ring (bicyclic) bond motifs is 1. The van der Waals surface area contributed by atoms with E-state index in [1.165, 1.54) is 24.2 Å². The SMILES string of the molecule is Cc1ccc(CNC(=O)CSc2ncnc3c2cnn3C)cc1F. The van der Waals surface area contributed by atoms with E-state index in [2.05, 4.69) is 20.4 Å². The quantitative estimate of drug-likeness (QED) is 0.567. The molecule has 0 unspecified atom stereocenters. The molecule has 3 rings (SSSR count). The fourth-order valence-corrected chi connectivity index (χ4v) is 2.98. The van der Waals surface area contributed by atoms with Crippen LogP contribution in [0.1, 0.15) is 11.1 Å². The van der Waals surface area contributed by atoms with E-state index < -0.39 is 0 Å². The van der Waals surface area contributed by atoms with Gasteiger partial charge in [-0.25, -0.2) is 14.4 Å². The lowest BCUT2D eigenvalue weighted by Crippen LogP contribution is -2.24. The highest BCUT2D eigenvalue weighted by Crippen LogP contribution is 2.23. The zero-order valence-corrected chi connectivity index (χ0v) is 14.1. The minimum Gasteiger partial charge on any atom is -0.351 e. The Morgan fingerprint density at radius 2 is 2.21 bits per heavy atom. The highest BCUT2D eigenvalue weighted by molar-refractivity contribution is 8.00. The number of nitrogens with zero attached hydrogens (tertiary/aromatic N) is 4. The van der Waals surface area contributed by atoms with Gasteiger partial charge in [-0.1, -0.05) is 23.9 Å². The van der Waals surface area contributed by atoms with Gasteiger partial charge in [0.1, 0.15) is 17.2 Å². The molecular weight excluding hydrogens is 329 g/mol. The van der Waals surface area contributed by atoms with Gasteiger partial charge in [-0.15, -0.1) is 0 Å². The first-order valence-electron chi connectivity index (χ1n) is 7.32. The number of thioether (sulfide) groups is 1. The van der Waals surface area contributed by atoms with Crippen molar-refractivity contribution in [3.8, 4) is 0 Å². The molecule has 0 saturated carbocycles. The Morgan fingerprint density at radius 3 is 3.00 bits per heavy atom. The number of aromatic nitrogens is 4. The van der Waals surface area contributed by atoms with Gasteiger partial charge < -0.3 is 5.32 Å². The van der Waals surface area contributed by atoms with Crippen molar-refractivity contribution in [2.24, 2.45) is 7.05 Å². The van der Waals surface area contributed by atoms with E-state index in [-0.39, 0.29) is 17.5 Å². The van der Waals surface area contributed by atoms with Crippen LogP contribution in [0.2, 0.25) is 0 Å². The number of nitrogens with one attached hydrogen (secondary N) is 1. The molecule has 1 N–H and O–H groups in total. The number of benzene rings is 1. The topological polar surface area (TPSA) is 72.7 Å². The fourth-order valence-electron chi connectivity index (χ4n) is 2.19. The van der Waals surface area contributed by atoms with Gasteiger partial charge in [-0.05, 0) is 24.1 Å². The Morgan fingerprint density at radius 1 is 1.38 bits per heavy atom. The Balaban J connectivity index is 1.58. The lowest BCUT2D eigenvalue weighted by Gasteiger charge is -2.06. The van der Waals surface area contributed by atoms with Crippen LogP contribution in [0.15, 0.2) is 35.7 Å². The Bertz CT molecular complexity index is 895. The maximum Gasteiger partial charge on any atom is 0.230 e. The zero-order chi connectivity index (χ0) is 17.1. The molecule has 0 spiro atoms. The lowest BCUT2D eigenvalue weighted by atomic mass is 10.1. The number of carbonyl (C=O) groups excluding carboxylic acids is 1. The number of hydrogen-bond acceptors (Lipinski definition) is 5. The first kappa shape index (κ1) is 16.4. The molecule has 0 aliphatic carbocycles. The number of halogens is 1. The van der Waals surface area contributed by atoms with E-state index in [1.807, 2.05) is 0 Å². The molecule has 24 heavy (non-hydrogen) atoms. The van der Waals surface area contributed by atoms with E-state index >= 15 is 0 Å². The summed E-state index contributed by atoms with van der Waals surface area (Å²) in [6.45, 7) is 2.00. The summed E-state index contributed by atoms with van der Waals surface area (Å²) in [5.74, 6) is -0.192. The van der Waals surface area contributed by atoms with Crippen LogP contribution in [0, 0.1) is 12.7 Å². The zero-order valence-electron chi connectivity index (χ0n) is 13.3. The third-order valence-corrected chi connectivity index (χ3v) is 4.56. The molecule has 0 aliphatic rings. The number of amides is 1. The molecule has 0 bridgehead atoms. The smallest absolute Gasteiger partial charge is 0.230 e. The summed E-state index contributed by atoms with van der Waals surface area (Å²) in [5.41, 5.74) is 2.04. The van der Waals surface area contributed by atoms with Crippen LogP contribution in [0.25, 0.3) is 11.0 Å². The van der Waals surface area contributed by atoms with Crippen molar-refractivity contribution in [1.29, 1.82) is 0 Å². The second kappa shape index (κ2) is 6.96. The molecule has 1 amide bonds. The average molecular weight is 345 g/mol. The predicted molar refractivity (Wildman–Crippen MR) is 90.0 cm³/mol. The van der Waals surface area contributed by atoms with E-state index in [1.54, 1.807) is 37.0 Å². The highest BCUT2D eigenvalue weighted by Gasteiger charge is 2.10. The van der Waals surface area contributed by atoms with E-state index in [0.717, 1.165) is 16.6 Å². The van der Waals surface area contributed by atoms with Gasteiger partial charge in [0.25, 0.3) is 0 Å². The largest absolute Gasteiger partial charge is 0.351 e. The minimum atomic E-state index is -0.268. The predicted octanol–water partition coefficient (Wildman–Crippen LogP) is 2.22. The first-order chi connectivity index (χ1) is 11.5. The van der Waals surface area contributed by atoms with Crippen molar-refractivity contribution in [3.63, 3.8) is 0 Å². The molecule has 6 nitrogen and oxygen atoms in total. The van der Waals surface area contributed by atoms with Crippen molar-refractivity contribution in [2.45, 2.75) is 18.5 Å². The van der Waals surface area contributed by atoms with Crippen LogP contribution >= 0.6 is 11.8 Å². The summed E-state index contributed by atoms with van der Waals surface area (Å²) >= 11 is 1.32. The van der Waals surface area contributed by atoms with Crippen LogP contribution in [-0.2, 0) is 18.4 Å². The number of carbonyl (C=O) groups is 1. The fraction of sp³-hybridized carbons (Fsp3) is 0.250. The maximum absolute atomic E-state index is 13.5. The summed E-state index contributed by atoms with van der Waals surface area (Å²) in [6.07, 6.45) is 3.14. The summed E-state index contributed by atoms with van der Waals surface area (Å²) < 4.78 is 15.1. The highest BCUT2D eigenvalue weighted by atomic mass is 32.2. The summed E-state index contributed by atoms with van der Waals surface area (Å²) in [4.78, 5) is 20.4. The van der Waals surface area contributed by atoms with Gasteiger partial charge >= 0.3 is 0 Å². The second-order valence-corrected chi connectivity index (χ2v) is 6.30. The molecule has 0 aliphatic heterocycles. The molecule has 1 aromatic carbocycles. The molecular formula is C16H16FN5OS. The molecule has 0 radical (unpaired) electrons. The Hall–Kier alpha value is -2.48. The summed E-state index contributed by atoms with van der Waals surface area (Å²) in [6, 6.07) is 4.94. The third kappa shape index (κ3) is 3.53. The van der Waals surface area contributed by atoms with Crippen molar-refractivity contribution in [2.75, 3.05) is 5.75 Å². The van der Waals surface area contributed by atoms with Crippen molar-refractivity contribution < 1.29 is 9.18 Å². The van der Waals surface area contributed by atoms with E-state index in [4.69, 9.17) is 0 Å².